The number of nitrogens with one attached hydrogen (secondary N) is 1. The molecule has 3 aromatic carbocycles. The van der Waals surface area contributed by atoms with Crippen molar-refractivity contribution in [3.63, 3.8) is 0 Å². The molecule has 188 valence electrons. The molecule has 0 spiro atoms. The van der Waals surface area contributed by atoms with Crippen LogP contribution < -0.4 is 5.32 Å². The number of nitro groups is 3. The van der Waals surface area contributed by atoms with E-state index in [1.165, 1.54) is 0 Å². The van der Waals surface area contributed by atoms with E-state index in [0.29, 0.717) is 12.1 Å². The average Bonchev–Trinajstić information content (AvgIpc) is 3.15. The fourth-order valence-corrected chi connectivity index (χ4v) is 3.90. The molecule has 2 N–H and O–H groups in total. The van der Waals surface area contributed by atoms with Gasteiger partial charge in [-0.2, -0.15) is 13.2 Å². The molecule has 1 aliphatic carbocycles. The van der Waals surface area contributed by atoms with Gasteiger partial charge in [0, 0.05) is 40.6 Å². The van der Waals surface area contributed by atoms with Crippen LogP contribution in [0.25, 0.3) is 11.1 Å². The van der Waals surface area contributed by atoms with Crippen LogP contribution in [0.5, 0.6) is 0 Å². The molecule has 4 rings (SSSR count). The molecule has 0 saturated heterocycles. The van der Waals surface area contributed by atoms with Gasteiger partial charge in [0.15, 0.2) is 0 Å². The molecule has 0 saturated carbocycles. The molecule has 1 amide bonds. The number of carbonyl (C=O) groups is 1. The van der Waals surface area contributed by atoms with Crippen molar-refractivity contribution in [1.29, 1.82) is 0 Å². The zero-order valence-electron chi connectivity index (χ0n) is 17.8. The topological polar surface area (TPSA) is 191 Å². The molecular weight excluding hydrogens is 507 g/mol. The molecule has 13 nitrogen and oxygen atoms in total. The van der Waals surface area contributed by atoms with E-state index in [9.17, 15) is 53.5 Å². The lowest BCUT2D eigenvalue weighted by molar-refractivity contribution is -0.393. The second-order valence-electron chi connectivity index (χ2n) is 7.56. The molecule has 3 aromatic rings. The van der Waals surface area contributed by atoms with E-state index in [0.717, 1.165) is 36.4 Å². The summed E-state index contributed by atoms with van der Waals surface area (Å²) in [5.41, 5.74) is -6.32. The number of benzene rings is 3. The van der Waals surface area contributed by atoms with Crippen LogP contribution in [0.15, 0.2) is 53.7 Å². The molecule has 16 heteroatoms. The van der Waals surface area contributed by atoms with E-state index < -0.39 is 66.3 Å². The monoisotopic (exact) mass is 517 g/mol. The van der Waals surface area contributed by atoms with Crippen molar-refractivity contribution in [3.8, 4) is 11.1 Å². The van der Waals surface area contributed by atoms with Crippen LogP contribution in [-0.4, -0.2) is 31.6 Å². The summed E-state index contributed by atoms with van der Waals surface area (Å²) >= 11 is 0. The van der Waals surface area contributed by atoms with E-state index in [2.05, 4.69) is 10.5 Å². The van der Waals surface area contributed by atoms with Gasteiger partial charge in [-0.15, -0.1) is 0 Å². The maximum absolute atomic E-state index is 13.2. The number of rotatable bonds is 5. The molecule has 0 aromatic heterocycles. The standard InChI is InChI=1S/C21H10F3N5O8/c22-21(23,24)9-2-1-3-10(4-9)25-20(30)15-7-11(27(32)33)5-13-17(15)18-14(19(13)26-31)6-12(28(34)35)8-16(18)29(36)37/h1-8,31H,(H,25,30)/b26-19+. The van der Waals surface area contributed by atoms with Crippen LogP contribution in [0.1, 0.15) is 27.0 Å². The van der Waals surface area contributed by atoms with E-state index in [1.54, 1.807) is 0 Å². The van der Waals surface area contributed by atoms with Gasteiger partial charge in [-0.1, -0.05) is 11.2 Å². The Morgan fingerprint density at radius 3 is 2.00 bits per heavy atom. The van der Waals surface area contributed by atoms with Gasteiger partial charge in [-0.05, 0) is 18.2 Å². The molecule has 0 radical (unpaired) electrons. The zero-order valence-corrected chi connectivity index (χ0v) is 17.8. The normalized spacial score (nSPS) is 13.1. The second kappa shape index (κ2) is 8.67. The number of fused-ring (bicyclic) bond motifs is 3. The number of carbonyl (C=O) groups excluding carboxylic acids is 1. The third-order valence-electron chi connectivity index (χ3n) is 5.40. The number of non-ortho nitro benzene ring substituents is 2. The number of anilines is 1. The Bertz CT molecular complexity index is 1570. The van der Waals surface area contributed by atoms with Crippen LogP contribution in [0.4, 0.5) is 35.9 Å². The van der Waals surface area contributed by atoms with Crippen molar-refractivity contribution in [2.24, 2.45) is 5.16 Å². The number of halogens is 3. The molecule has 0 fully saturated rings. The highest BCUT2D eigenvalue weighted by Gasteiger charge is 2.39. The van der Waals surface area contributed by atoms with Gasteiger partial charge in [-0.3, -0.25) is 35.1 Å². The number of hydrogen-bond acceptors (Lipinski definition) is 9. The SMILES string of the molecule is O=C(Nc1cccc(C(F)(F)F)c1)c1cc([N+](=O)[O-])cc2c1-c1c(cc([N+](=O)[O-])cc1[N+](=O)[O-])/C2=N/O. The number of hydrogen-bond donors (Lipinski definition) is 2. The summed E-state index contributed by atoms with van der Waals surface area (Å²) < 4.78 is 39.2. The lowest BCUT2D eigenvalue weighted by atomic mass is 9.96. The summed E-state index contributed by atoms with van der Waals surface area (Å²) in [6.45, 7) is 0. The summed E-state index contributed by atoms with van der Waals surface area (Å²) in [5, 5.41) is 49.4. The highest BCUT2D eigenvalue weighted by molar-refractivity contribution is 6.29. The van der Waals surface area contributed by atoms with Crippen LogP contribution in [-0.2, 0) is 6.18 Å². The Morgan fingerprint density at radius 1 is 0.865 bits per heavy atom. The Morgan fingerprint density at radius 2 is 1.46 bits per heavy atom. The van der Waals surface area contributed by atoms with Crippen LogP contribution in [0.3, 0.4) is 0 Å². The lowest BCUT2D eigenvalue weighted by Crippen LogP contribution is -2.15. The van der Waals surface area contributed by atoms with Crippen LogP contribution in [0.2, 0.25) is 0 Å². The Balaban J connectivity index is 1.98. The molecule has 0 bridgehead atoms. The molecule has 0 aliphatic heterocycles. The first-order chi connectivity index (χ1) is 17.3. The maximum atomic E-state index is 13.2. The average molecular weight is 517 g/mol. The summed E-state index contributed by atoms with van der Waals surface area (Å²) in [7, 11) is 0. The predicted molar refractivity (Wildman–Crippen MR) is 119 cm³/mol. The number of oxime groups is 1. The van der Waals surface area contributed by atoms with E-state index in [1.807, 2.05) is 0 Å². The first-order valence-corrected chi connectivity index (χ1v) is 9.84. The number of nitro benzene ring substituents is 3. The van der Waals surface area contributed by atoms with Crippen LogP contribution >= 0.6 is 0 Å². The highest BCUT2D eigenvalue weighted by Crippen LogP contribution is 2.48. The van der Waals surface area contributed by atoms with Crippen molar-refractivity contribution < 1.29 is 37.9 Å². The molecule has 37 heavy (non-hydrogen) atoms. The van der Waals surface area contributed by atoms with Gasteiger partial charge in [0.1, 0.15) is 5.71 Å². The third kappa shape index (κ3) is 4.26. The van der Waals surface area contributed by atoms with Gasteiger partial charge in [0.2, 0.25) is 0 Å². The van der Waals surface area contributed by atoms with Crippen molar-refractivity contribution in [3.05, 3.63) is 101 Å². The largest absolute Gasteiger partial charge is 0.416 e. The highest BCUT2D eigenvalue weighted by atomic mass is 19.4. The summed E-state index contributed by atoms with van der Waals surface area (Å²) in [6.07, 6.45) is -4.74. The third-order valence-corrected chi connectivity index (χ3v) is 5.40. The second-order valence-corrected chi connectivity index (χ2v) is 7.56. The number of nitrogens with zero attached hydrogens (tertiary/aromatic N) is 4. The molecule has 0 atom stereocenters. The van der Waals surface area contributed by atoms with Gasteiger partial charge in [-0.25, -0.2) is 0 Å². The zero-order chi connectivity index (χ0) is 27.2. The lowest BCUT2D eigenvalue weighted by Gasteiger charge is -2.12. The van der Waals surface area contributed by atoms with Gasteiger partial charge < -0.3 is 10.5 Å². The van der Waals surface area contributed by atoms with Crippen molar-refractivity contribution in [2.45, 2.75) is 6.18 Å². The molecule has 0 heterocycles. The minimum absolute atomic E-state index is 0.329. The first kappa shape index (κ1) is 24.7. The Labute approximate surface area is 201 Å². The minimum Gasteiger partial charge on any atom is -0.410 e. The smallest absolute Gasteiger partial charge is 0.410 e. The first-order valence-electron chi connectivity index (χ1n) is 9.84. The fourth-order valence-electron chi connectivity index (χ4n) is 3.90. The maximum Gasteiger partial charge on any atom is 0.416 e. The van der Waals surface area contributed by atoms with E-state index >= 15 is 0 Å². The Kier molecular flexibility index (Phi) is 5.79. The molecule has 1 aliphatic rings. The van der Waals surface area contributed by atoms with E-state index in [4.69, 9.17) is 0 Å². The quantitative estimate of drug-likeness (QED) is 0.212. The predicted octanol–water partition coefficient (Wildman–Crippen LogP) is 4.89. The van der Waals surface area contributed by atoms with Crippen molar-refractivity contribution in [1.82, 2.24) is 0 Å². The van der Waals surface area contributed by atoms with Crippen molar-refractivity contribution in [2.75, 3.05) is 5.32 Å². The summed E-state index contributed by atoms with van der Waals surface area (Å²) in [6, 6.07) is 6.48. The number of amides is 1. The van der Waals surface area contributed by atoms with Crippen molar-refractivity contribution >= 4 is 34.4 Å². The van der Waals surface area contributed by atoms with Gasteiger partial charge in [0.25, 0.3) is 23.0 Å². The molecule has 0 unspecified atom stereocenters. The van der Waals surface area contributed by atoms with Gasteiger partial charge in [0.05, 0.1) is 37.5 Å². The van der Waals surface area contributed by atoms with Gasteiger partial charge >= 0.3 is 6.18 Å². The molecular formula is C21H10F3N5O8. The Hall–Kier alpha value is -5.41. The van der Waals surface area contributed by atoms with E-state index in [-0.39, 0.29) is 22.4 Å². The fraction of sp³-hybridized carbons (Fsp3) is 0.0476. The summed E-state index contributed by atoms with van der Waals surface area (Å²) in [4.78, 5) is 44.9. The summed E-state index contributed by atoms with van der Waals surface area (Å²) in [5.74, 6) is -1.18. The number of alkyl halides is 3. The van der Waals surface area contributed by atoms with Crippen LogP contribution in [0, 0.1) is 30.3 Å². The minimum atomic E-state index is -4.74.